The first-order valence-electron chi connectivity index (χ1n) is 12.0. The van der Waals surface area contributed by atoms with Crippen LogP contribution < -0.4 is 0 Å². The minimum atomic E-state index is -2.89. The number of allylic oxidation sites excluding steroid dienone is 1. The third-order valence-corrected chi connectivity index (χ3v) is 8.39. The monoisotopic (exact) mass is 541 g/mol. The summed E-state index contributed by atoms with van der Waals surface area (Å²) in [6.07, 6.45) is 4.51. The predicted molar refractivity (Wildman–Crippen MR) is 147 cm³/mol. The van der Waals surface area contributed by atoms with E-state index in [4.69, 9.17) is 21.9 Å². The van der Waals surface area contributed by atoms with Gasteiger partial charge in [0, 0.05) is 0 Å². The van der Waals surface area contributed by atoms with Gasteiger partial charge in [0.25, 0.3) is 0 Å². The molecule has 5 aromatic carbocycles. The van der Waals surface area contributed by atoms with Crippen LogP contribution in [0, 0.1) is 0 Å². The number of benzene rings is 5. The van der Waals surface area contributed by atoms with Crippen molar-refractivity contribution in [1.29, 1.82) is 0 Å². The van der Waals surface area contributed by atoms with Crippen LogP contribution in [0.5, 0.6) is 0 Å². The van der Waals surface area contributed by atoms with Gasteiger partial charge in [-0.25, -0.2) is 0 Å². The Balaban J connectivity index is 1.76. The fourth-order valence-corrected chi connectivity index (χ4v) is 7.39. The molecule has 5 aromatic rings. The average molecular weight is 542 g/mol. The van der Waals surface area contributed by atoms with Crippen molar-refractivity contribution < 1.29 is 19.5 Å². The summed E-state index contributed by atoms with van der Waals surface area (Å²) in [5, 5.41) is 2.28. The molecule has 1 aliphatic carbocycles. The first-order valence-corrected chi connectivity index (χ1v) is 16.9. The molecule has 1 nitrogen and oxygen atoms in total. The third-order valence-electron chi connectivity index (χ3n) is 7.04. The summed E-state index contributed by atoms with van der Waals surface area (Å²) in [4.78, 5) is 0. The summed E-state index contributed by atoms with van der Waals surface area (Å²) < 4.78 is 6.87. The Morgan fingerprint density at radius 3 is 1.92 bits per heavy atom. The van der Waals surface area contributed by atoms with Gasteiger partial charge in [-0.2, -0.15) is 0 Å². The second kappa shape index (κ2) is 10.0. The first-order chi connectivity index (χ1) is 17.7. The zero-order valence-corrected chi connectivity index (χ0v) is 22.5. The van der Waals surface area contributed by atoms with Crippen molar-refractivity contribution in [1.82, 2.24) is 0 Å². The van der Waals surface area contributed by atoms with Gasteiger partial charge in [-0.15, -0.1) is 0 Å². The Morgan fingerprint density at radius 2 is 1.22 bits per heavy atom. The van der Waals surface area contributed by atoms with E-state index < -0.39 is 21.7 Å². The van der Waals surface area contributed by atoms with Gasteiger partial charge in [-0.3, -0.25) is 0 Å². The number of hydrogen-bond acceptors (Lipinski definition) is 1. The molecule has 0 amide bonds. The van der Waals surface area contributed by atoms with Crippen LogP contribution in [0.3, 0.4) is 0 Å². The second-order valence-corrected chi connectivity index (χ2v) is 13.6. The van der Waals surface area contributed by atoms with Crippen molar-refractivity contribution in [2.24, 2.45) is 0 Å². The standard InChI is InChI=1S/C32H23O.2ClH.Ti/c33-32(25-13-3-1-4-14-25,26-15-5-2-6-16-26)31-28-18-10-8-12-24(28)20-22-30(31)29-21-19-23-11-7-9-17-27(23)29;;;/h1-22,29H;2*1H;/q-1;;;+3/p-2. The normalized spacial score (nSPS) is 14.7. The van der Waals surface area contributed by atoms with E-state index in [1.807, 2.05) is 36.4 Å². The van der Waals surface area contributed by atoms with E-state index in [2.05, 4.69) is 97.1 Å². The van der Waals surface area contributed by atoms with Gasteiger partial charge < -0.3 is 0 Å². The number of hydrogen-bond donors (Lipinski definition) is 0. The van der Waals surface area contributed by atoms with E-state index in [1.54, 1.807) is 0 Å². The van der Waals surface area contributed by atoms with Crippen LogP contribution in [0.15, 0.2) is 127 Å². The Kier molecular flexibility index (Phi) is 6.60. The molecular formula is C32H23Cl2OTi. The van der Waals surface area contributed by atoms with E-state index in [9.17, 15) is 0 Å². The molecule has 0 aliphatic heterocycles. The van der Waals surface area contributed by atoms with Crippen molar-refractivity contribution in [3.63, 3.8) is 0 Å². The summed E-state index contributed by atoms with van der Waals surface area (Å²) in [5.41, 5.74) is 5.87. The molecular weight excluding hydrogens is 519 g/mol. The molecule has 0 bridgehead atoms. The molecule has 36 heavy (non-hydrogen) atoms. The Labute approximate surface area is 226 Å². The van der Waals surface area contributed by atoms with Crippen LogP contribution >= 0.6 is 18.6 Å². The first kappa shape index (κ1) is 23.7. The van der Waals surface area contributed by atoms with Crippen LogP contribution in [0.25, 0.3) is 16.8 Å². The van der Waals surface area contributed by atoms with Gasteiger partial charge in [-0.1, -0.05) is 0 Å². The molecule has 175 valence electrons. The van der Waals surface area contributed by atoms with Crippen molar-refractivity contribution in [3.8, 4) is 0 Å². The summed E-state index contributed by atoms with van der Waals surface area (Å²) in [7, 11) is 13.3. The van der Waals surface area contributed by atoms with E-state index in [0.717, 1.165) is 27.5 Å². The molecule has 1 aliphatic rings. The molecule has 0 fully saturated rings. The molecule has 6 rings (SSSR count). The average Bonchev–Trinajstić information content (AvgIpc) is 3.36. The fraction of sp³-hybridized carbons (Fsp3) is 0.0625. The fourth-order valence-electron chi connectivity index (χ4n) is 5.55. The molecule has 0 aromatic heterocycles. The van der Waals surface area contributed by atoms with Crippen LogP contribution in [0.2, 0.25) is 0 Å². The zero-order chi connectivity index (χ0) is 24.5. The van der Waals surface area contributed by atoms with Crippen LogP contribution in [-0.2, 0) is 25.1 Å². The summed E-state index contributed by atoms with van der Waals surface area (Å²) in [6.45, 7) is 0. The SMILES string of the molecule is [Cl][Ti]([Cl])[O]C(c1ccccc1)(c1ccccc1)c1c(C2C=Cc3ccccc32)ccc2ccccc12. The van der Waals surface area contributed by atoms with Crippen molar-refractivity contribution >= 4 is 35.5 Å². The number of rotatable bonds is 6. The van der Waals surface area contributed by atoms with Crippen LogP contribution in [-0.4, -0.2) is 0 Å². The van der Waals surface area contributed by atoms with E-state index in [-0.39, 0.29) is 5.92 Å². The molecule has 0 saturated heterocycles. The topological polar surface area (TPSA) is 9.23 Å². The van der Waals surface area contributed by atoms with Crippen molar-refractivity contribution in [2.45, 2.75) is 11.5 Å². The molecule has 0 N–H and O–H groups in total. The van der Waals surface area contributed by atoms with Gasteiger partial charge in [0.15, 0.2) is 0 Å². The van der Waals surface area contributed by atoms with Crippen molar-refractivity contribution in [2.75, 3.05) is 0 Å². The number of fused-ring (bicyclic) bond motifs is 2. The maximum absolute atomic E-state index is 6.87. The van der Waals surface area contributed by atoms with Gasteiger partial charge >= 0.3 is 227 Å². The van der Waals surface area contributed by atoms with E-state index in [1.165, 1.54) is 16.7 Å². The van der Waals surface area contributed by atoms with Crippen molar-refractivity contribution in [3.05, 3.63) is 161 Å². The maximum atomic E-state index is 6.87. The van der Waals surface area contributed by atoms with E-state index in [0.29, 0.717) is 0 Å². The number of halogens is 2. The Hall–Kier alpha value is -2.65. The van der Waals surface area contributed by atoms with E-state index >= 15 is 0 Å². The van der Waals surface area contributed by atoms with Crippen LogP contribution in [0.1, 0.15) is 39.3 Å². The molecule has 0 spiro atoms. The summed E-state index contributed by atoms with van der Waals surface area (Å²) >= 11 is -2.89. The van der Waals surface area contributed by atoms with Gasteiger partial charge in [0.2, 0.25) is 0 Å². The van der Waals surface area contributed by atoms with Gasteiger partial charge in [0.05, 0.1) is 0 Å². The minimum absolute atomic E-state index is 0.0882. The van der Waals surface area contributed by atoms with Gasteiger partial charge in [-0.05, 0) is 0 Å². The summed E-state index contributed by atoms with van der Waals surface area (Å²) in [5.74, 6) is 0.0882. The zero-order valence-electron chi connectivity index (χ0n) is 19.4. The molecule has 4 heteroatoms. The Bertz CT molecular complexity index is 1510. The second-order valence-electron chi connectivity index (χ2n) is 8.96. The summed E-state index contributed by atoms with van der Waals surface area (Å²) in [6, 6.07) is 42.3. The quantitative estimate of drug-likeness (QED) is 0.154. The van der Waals surface area contributed by atoms with Crippen LogP contribution in [0.4, 0.5) is 0 Å². The molecule has 0 heterocycles. The molecule has 0 radical (unpaired) electrons. The molecule has 1 unspecified atom stereocenters. The molecule has 0 saturated carbocycles. The third kappa shape index (κ3) is 4.06. The van der Waals surface area contributed by atoms with Gasteiger partial charge in [0.1, 0.15) is 0 Å². The Morgan fingerprint density at radius 1 is 0.611 bits per heavy atom. The molecule has 1 atom stereocenters. The predicted octanol–water partition coefficient (Wildman–Crippen LogP) is 9.15.